The van der Waals surface area contributed by atoms with Crippen molar-refractivity contribution in [3.8, 4) is 5.75 Å². The van der Waals surface area contributed by atoms with Gasteiger partial charge in [0.25, 0.3) is 5.91 Å². The number of carbonyl (C=O) groups excluding carboxylic acids is 2. The van der Waals surface area contributed by atoms with Gasteiger partial charge in [-0.1, -0.05) is 72.0 Å². The highest BCUT2D eigenvalue weighted by Crippen LogP contribution is 2.34. The normalized spacial score (nSPS) is 15.2. The number of benzene rings is 2. The molecular weight excluding hydrogens is 394 g/mol. The Morgan fingerprint density at radius 3 is 2.75 bits per heavy atom. The van der Waals surface area contributed by atoms with E-state index in [0.29, 0.717) is 21.6 Å². The van der Waals surface area contributed by atoms with Gasteiger partial charge in [-0.05, 0) is 24.6 Å². The van der Waals surface area contributed by atoms with E-state index in [1.807, 2.05) is 49.4 Å². The molecule has 3 rings (SSSR count). The Kier molecular flexibility index (Phi) is 6.49. The quantitative estimate of drug-likeness (QED) is 0.406. The van der Waals surface area contributed by atoms with Crippen LogP contribution in [0.15, 0.2) is 53.4 Å². The summed E-state index contributed by atoms with van der Waals surface area (Å²) in [5, 5.41) is 0. The summed E-state index contributed by atoms with van der Waals surface area (Å²) < 4.78 is 10.9. The molecule has 7 heteroatoms. The van der Waals surface area contributed by atoms with Crippen LogP contribution in [0.4, 0.5) is 0 Å². The van der Waals surface area contributed by atoms with E-state index in [-0.39, 0.29) is 12.5 Å². The van der Waals surface area contributed by atoms with Crippen molar-refractivity contribution >= 4 is 46.3 Å². The lowest BCUT2D eigenvalue weighted by Crippen LogP contribution is -2.33. The summed E-state index contributed by atoms with van der Waals surface area (Å²) in [7, 11) is 1.28. The minimum atomic E-state index is -0.514. The number of ether oxygens (including phenoxy) is 2. The van der Waals surface area contributed by atoms with Crippen LogP contribution >= 0.6 is 24.0 Å². The van der Waals surface area contributed by atoms with Gasteiger partial charge in [-0.3, -0.25) is 14.5 Å². The van der Waals surface area contributed by atoms with Crippen LogP contribution < -0.4 is 4.74 Å². The van der Waals surface area contributed by atoms with Crippen LogP contribution in [0.3, 0.4) is 0 Å². The number of esters is 1. The maximum atomic E-state index is 12.6. The fourth-order valence-electron chi connectivity index (χ4n) is 2.67. The summed E-state index contributed by atoms with van der Waals surface area (Å²) in [6, 6.07) is 15.6. The zero-order valence-corrected chi connectivity index (χ0v) is 17.1. The van der Waals surface area contributed by atoms with Crippen molar-refractivity contribution in [3.63, 3.8) is 0 Å². The summed E-state index contributed by atoms with van der Waals surface area (Å²) >= 11 is 6.39. The van der Waals surface area contributed by atoms with E-state index in [9.17, 15) is 9.59 Å². The van der Waals surface area contributed by atoms with Crippen molar-refractivity contribution in [2.45, 2.75) is 13.5 Å². The molecule has 0 N–H and O–H groups in total. The third-order valence-electron chi connectivity index (χ3n) is 4.07. The summed E-state index contributed by atoms with van der Waals surface area (Å²) in [5.74, 6) is -0.157. The molecule has 1 fully saturated rings. The number of methoxy groups -OCH3 is 1. The molecule has 0 radical (unpaired) electrons. The Morgan fingerprint density at radius 2 is 2.00 bits per heavy atom. The van der Waals surface area contributed by atoms with Gasteiger partial charge in [-0.25, -0.2) is 0 Å². The van der Waals surface area contributed by atoms with Crippen LogP contribution in [-0.2, 0) is 20.9 Å². The van der Waals surface area contributed by atoms with Crippen LogP contribution in [0.1, 0.15) is 16.7 Å². The molecule has 0 aliphatic carbocycles. The first-order valence-electron chi connectivity index (χ1n) is 8.57. The lowest BCUT2D eigenvalue weighted by atomic mass is 10.1. The highest BCUT2D eigenvalue weighted by molar-refractivity contribution is 8.26. The maximum absolute atomic E-state index is 12.6. The Morgan fingerprint density at radius 1 is 1.21 bits per heavy atom. The second kappa shape index (κ2) is 9.03. The predicted molar refractivity (Wildman–Crippen MR) is 114 cm³/mol. The SMILES string of the molecule is COC(=O)CN1C(=O)/C(=C/c2ccccc2OCc2cccc(C)c2)SC1=S. The van der Waals surface area contributed by atoms with Gasteiger partial charge in [-0.2, -0.15) is 0 Å². The second-order valence-electron chi connectivity index (χ2n) is 6.16. The van der Waals surface area contributed by atoms with Crippen molar-refractivity contribution < 1.29 is 19.1 Å². The number of hydrogen-bond acceptors (Lipinski definition) is 6. The number of rotatable bonds is 6. The molecule has 2 aromatic rings. The molecule has 0 aromatic heterocycles. The molecule has 0 spiro atoms. The van der Waals surface area contributed by atoms with Crippen LogP contribution in [0.5, 0.6) is 5.75 Å². The van der Waals surface area contributed by atoms with Gasteiger partial charge in [0.15, 0.2) is 0 Å². The first-order chi connectivity index (χ1) is 13.5. The number of amides is 1. The van der Waals surface area contributed by atoms with E-state index in [2.05, 4.69) is 10.8 Å². The molecule has 1 aliphatic heterocycles. The largest absolute Gasteiger partial charge is 0.488 e. The fraction of sp³-hybridized carbons (Fsp3) is 0.190. The monoisotopic (exact) mass is 413 g/mol. The lowest BCUT2D eigenvalue weighted by molar-refractivity contribution is -0.143. The first-order valence-corrected chi connectivity index (χ1v) is 9.80. The molecule has 2 aromatic carbocycles. The molecule has 0 atom stereocenters. The molecule has 1 amide bonds. The highest BCUT2D eigenvalue weighted by atomic mass is 32.2. The molecule has 28 heavy (non-hydrogen) atoms. The Balaban J connectivity index is 1.78. The minimum absolute atomic E-state index is 0.190. The van der Waals surface area contributed by atoms with Crippen LogP contribution in [0, 0.1) is 6.92 Å². The number of para-hydroxylation sites is 1. The maximum Gasteiger partial charge on any atom is 0.325 e. The number of carbonyl (C=O) groups is 2. The van der Waals surface area contributed by atoms with Gasteiger partial charge < -0.3 is 9.47 Å². The first kappa shape index (κ1) is 20.1. The van der Waals surface area contributed by atoms with E-state index in [1.54, 1.807) is 6.08 Å². The Labute approximate surface area is 173 Å². The van der Waals surface area contributed by atoms with Crippen LogP contribution in [-0.4, -0.2) is 34.8 Å². The molecule has 1 heterocycles. The third kappa shape index (κ3) is 4.79. The molecular formula is C21H19NO4S2. The van der Waals surface area contributed by atoms with Crippen molar-refractivity contribution in [2.24, 2.45) is 0 Å². The molecule has 1 saturated heterocycles. The Bertz CT molecular complexity index is 955. The molecule has 0 bridgehead atoms. The van der Waals surface area contributed by atoms with E-state index >= 15 is 0 Å². The van der Waals surface area contributed by atoms with Crippen LogP contribution in [0.2, 0.25) is 0 Å². The number of thioether (sulfide) groups is 1. The third-order valence-corrected chi connectivity index (χ3v) is 5.45. The second-order valence-corrected chi connectivity index (χ2v) is 7.84. The summed E-state index contributed by atoms with van der Waals surface area (Å²) in [5.41, 5.74) is 3.01. The van der Waals surface area contributed by atoms with E-state index in [0.717, 1.165) is 22.9 Å². The molecule has 5 nitrogen and oxygen atoms in total. The van der Waals surface area contributed by atoms with Gasteiger partial charge in [0.1, 0.15) is 23.2 Å². The van der Waals surface area contributed by atoms with Gasteiger partial charge in [0, 0.05) is 5.56 Å². The standard InChI is InChI=1S/C21H19NO4S2/c1-14-6-5-7-15(10-14)13-26-17-9-4-3-8-16(17)11-18-20(24)22(21(27)28-18)12-19(23)25-2/h3-11H,12-13H2,1-2H3/b18-11-. The van der Waals surface area contributed by atoms with Crippen molar-refractivity contribution in [1.29, 1.82) is 0 Å². The number of thiocarbonyl (C=S) groups is 1. The van der Waals surface area contributed by atoms with Crippen molar-refractivity contribution in [3.05, 3.63) is 70.1 Å². The zero-order valence-electron chi connectivity index (χ0n) is 15.5. The van der Waals surface area contributed by atoms with Crippen molar-refractivity contribution in [2.75, 3.05) is 13.7 Å². The molecule has 144 valence electrons. The highest BCUT2D eigenvalue weighted by Gasteiger charge is 2.33. The predicted octanol–water partition coefficient (Wildman–Crippen LogP) is 3.95. The molecule has 0 saturated carbocycles. The van der Waals surface area contributed by atoms with Gasteiger partial charge in [0.05, 0.1) is 12.0 Å². The lowest BCUT2D eigenvalue weighted by Gasteiger charge is -2.12. The van der Waals surface area contributed by atoms with E-state index in [1.165, 1.54) is 17.6 Å². The van der Waals surface area contributed by atoms with E-state index in [4.69, 9.17) is 17.0 Å². The summed E-state index contributed by atoms with van der Waals surface area (Å²) in [4.78, 5) is 25.8. The van der Waals surface area contributed by atoms with Gasteiger partial charge >= 0.3 is 5.97 Å². The van der Waals surface area contributed by atoms with Crippen LogP contribution in [0.25, 0.3) is 6.08 Å². The molecule has 1 aliphatic rings. The topological polar surface area (TPSA) is 55.8 Å². The van der Waals surface area contributed by atoms with Gasteiger partial charge in [0.2, 0.25) is 0 Å². The van der Waals surface area contributed by atoms with Gasteiger partial charge in [-0.15, -0.1) is 0 Å². The smallest absolute Gasteiger partial charge is 0.325 e. The summed E-state index contributed by atoms with van der Waals surface area (Å²) in [6.45, 7) is 2.27. The number of nitrogens with zero attached hydrogens (tertiary/aromatic N) is 1. The average Bonchev–Trinajstić information content (AvgIpc) is 2.94. The number of hydrogen-bond donors (Lipinski definition) is 0. The number of aryl methyl sites for hydroxylation is 1. The average molecular weight is 414 g/mol. The Hall–Kier alpha value is -2.64. The zero-order chi connectivity index (χ0) is 20.1. The minimum Gasteiger partial charge on any atom is -0.488 e. The molecule has 0 unspecified atom stereocenters. The van der Waals surface area contributed by atoms with Crippen molar-refractivity contribution in [1.82, 2.24) is 4.90 Å². The summed E-state index contributed by atoms with van der Waals surface area (Å²) in [6.07, 6.45) is 1.74. The fourth-order valence-corrected chi connectivity index (χ4v) is 3.91. The van der Waals surface area contributed by atoms with E-state index < -0.39 is 5.97 Å².